The minimum Gasteiger partial charge on any atom is -0.393 e. The molecule has 2 aliphatic rings. The average molecular weight is 384 g/mol. The van der Waals surface area contributed by atoms with Gasteiger partial charge in [0.2, 0.25) is 0 Å². The van der Waals surface area contributed by atoms with E-state index in [2.05, 4.69) is 12.2 Å². The zero-order valence-corrected chi connectivity index (χ0v) is 15.9. The quantitative estimate of drug-likeness (QED) is 0.509. The Morgan fingerprint density at radius 1 is 0.964 bits per heavy atom. The van der Waals surface area contributed by atoms with E-state index < -0.39 is 11.6 Å². The minimum absolute atomic E-state index is 0.111. The maximum Gasteiger partial charge on any atom is 0.167 e. The van der Waals surface area contributed by atoms with Crippen LogP contribution in [0.2, 0.25) is 0 Å². The Bertz CT molecular complexity index is 832. The lowest BCUT2D eigenvalue weighted by atomic mass is 9.87. The SMILES string of the molecule is OC1CCC(C=CCCc2ccc(-c3ccc(C4CO4)c(F)c3F)cc2)CC1. The summed E-state index contributed by atoms with van der Waals surface area (Å²) in [7, 11) is 0. The Morgan fingerprint density at radius 3 is 2.36 bits per heavy atom. The molecule has 28 heavy (non-hydrogen) atoms. The molecule has 2 nitrogen and oxygen atoms in total. The Kier molecular flexibility index (Phi) is 5.88. The van der Waals surface area contributed by atoms with Gasteiger partial charge in [-0.15, -0.1) is 0 Å². The summed E-state index contributed by atoms with van der Waals surface area (Å²) in [5, 5.41) is 9.55. The molecule has 4 rings (SSSR count). The van der Waals surface area contributed by atoms with Crippen molar-refractivity contribution < 1.29 is 18.6 Å². The van der Waals surface area contributed by atoms with Gasteiger partial charge >= 0.3 is 0 Å². The molecule has 0 aromatic heterocycles. The van der Waals surface area contributed by atoms with Gasteiger partial charge in [0.15, 0.2) is 11.6 Å². The van der Waals surface area contributed by atoms with Gasteiger partial charge in [-0.05, 0) is 55.6 Å². The lowest BCUT2D eigenvalue weighted by Crippen LogP contribution is -2.16. The molecular weight excluding hydrogens is 358 g/mol. The van der Waals surface area contributed by atoms with Crippen LogP contribution < -0.4 is 0 Å². The van der Waals surface area contributed by atoms with Crippen LogP contribution in [0, 0.1) is 17.6 Å². The zero-order valence-electron chi connectivity index (χ0n) is 15.9. The monoisotopic (exact) mass is 384 g/mol. The van der Waals surface area contributed by atoms with E-state index >= 15 is 0 Å². The highest BCUT2D eigenvalue weighted by molar-refractivity contribution is 5.65. The van der Waals surface area contributed by atoms with Crippen molar-refractivity contribution in [3.63, 3.8) is 0 Å². The van der Waals surface area contributed by atoms with E-state index in [4.69, 9.17) is 4.74 Å². The van der Waals surface area contributed by atoms with Crippen LogP contribution in [0.3, 0.4) is 0 Å². The molecule has 1 saturated carbocycles. The van der Waals surface area contributed by atoms with Crippen LogP contribution in [0.25, 0.3) is 11.1 Å². The number of benzene rings is 2. The number of allylic oxidation sites excluding steroid dienone is 2. The highest BCUT2D eigenvalue weighted by atomic mass is 19.2. The lowest BCUT2D eigenvalue weighted by Gasteiger charge is -2.22. The number of aliphatic hydroxyl groups is 1. The predicted molar refractivity (Wildman–Crippen MR) is 106 cm³/mol. The van der Waals surface area contributed by atoms with E-state index in [1.807, 2.05) is 24.3 Å². The second-order valence-electron chi connectivity index (χ2n) is 7.88. The lowest BCUT2D eigenvalue weighted by molar-refractivity contribution is 0.118. The van der Waals surface area contributed by atoms with Crippen molar-refractivity contribution in [1.29, 1.82) is 0 Å². The Labute approximate surface area is 164 Å². The summed E-state index contributed by atoms with van der Waals surface area (Å²) in [6.45, 7) is 0.460. The van der Waals surface area contributed by atoms with E-state index in [9.17, 15) is 13.9 Å². The third kappa shape index (κ3) is 4.50. The second kappa shape index (κ2) is 8.54. The molecule has 0 bridgehead atoms. The molecule has 1 saturated heterocycles. The number of ether oxygens (including phenoxy) is 1. The van der Waals surface area contributed by atoms with Crippen LogP contribution in [0.1, 0.15) is 49.3 Å². The molecule has 148 valence electrons. The van der Waals surface area contributed by atoms with Crippen LogP contribution in [-0.4, -0.2) is 17.8 Å². The Morgan fingerprint density at radius 2 is 1.68 bits per heavy atom. The molecule has 0 spiro atoms. The molecule has 1 atom stereocenters. The van der Waals surface area contributed by atoms with Crippen LogP contribution in [0.5, 0.6) is 0 Å². The van der Waals surface area contributed by atoms with Crippen molar-refractivity contribution in [1.82, 2.24) is 0 Å². The minimum atomic E-state index is -0.804. The fraction of sp³-hybridized carbons (Fsp3) is 0.417. The van der Waals surface area contributed by atoms with Crippen LogP contribution in [0.4, 0.5) is 8.78 Å². The molecule has 4 heteroatoms. The van der Waals surface area contributed by atoms with Gasteiger partial charge in [-0.25, -0.2) is 8.78 Å². The third-order valence-electron chi connectivity index (χ3n) is 5.81. The number of hydrogen-bond donors (Lipinski definition) is 1. The molecule has 1 aliphatic carbocycles. The predicted octanol–water partition coefficient (Wildman–Crippen LogP) is 5.74. The number of rotatable bonds is 6. The number of aryl methyl sites for hydroxylation is 1. The highest BCUT2D eigenvalue weighted by Gasteiger charge is 2.30. The Balaban J connectivity index is 1.34. The van der Waals surface area contributed by atoms with Crippen molar-refractivity contribution in [3.05, 3.63) is 71.3 Å². The Hall–Kier alpha value is -2.04. The van der Waals surface area contributed by atoms with Crippen molar-refractivity contribution in [3.8, 4) is 11.1 Å². The first-order valence-electron chi connectivity index (χ1n) is 10.2. The zero-order chi connectivity index (χ0) is 19.5. The van der Waals surface area contributed by atoms with E-state index in [0.29, 0.717) is 23.7 Å². The molecule has 2 fully saturated rings. The van der Waals surface area contributed by atoms with Gasteiger partial charge in [-0.1, -0.05) is 48.6 Å². The maximum atomic E-state index is 14.4. The van der Waals surface area contributed by atoms with Crippen molar-refractivity contribution in [2.45, 2.75) is 50.7 Å². The van der Waals surface area contributed by atoms with Crippen molar-refractivity contribution >= 4 is 0 Å². The summed E-state index contributed by atoms with van der Waals surface area (Å²) >= 11 is 0. The highest BCUT2D eigenvalue weighted by Crippen LogP contribution is 2.35. The van der Waals surface area contributed by atoms with E-state index in [-0.39, 0.29) is 17.8 Å². The van der Waals surface area contributed by atoms with E-state index in [0.717, 1.165) is 38.5 Å². The largest absolute Gasteiger partial charge is 0.393 e. The van der Waals surface area contributed by atoms with Gasteiger partial charge in [0.25, 0.3) is 0 Å². The van der Waals surface area contributed by atoms with Gasteiger partial charge in [0.1, 0.15) is 6.10 Å². The van der Waals surface area contributed by atoms with Crippen LogP contribution >= 0.6 is 0 Å². The van der Waals surface area contributed by atoms with Gasteiger partial charge in [0, 0.05) is 11.1 Å². The van der Waals surface area contributed by atoms with Gasteiger partial charge in [-0.3, -0.25) is 0 Å². The second-order valence-corrected chi connectivity index (χ2v) is 7.88. The molecule has 1 heterocycles. The first-order valence-corrected chi connectivity index (χ1v) is 10.2. The third-order valence-corrected chi connectivity index (χ3v) is 5.81. The average Bonchev–Trinajstić information content (AvgIpc) is 3.54. The first kappa shape index (κ1) is 19.3. The molecule has 1 aliphatic heterocycles. The summed E-state index contributed by atoms with van der Waals surface area (Å²) < 4.78 is 33.7. The van der Waals surface area contributed by atoms with Gasteiger partial charge in [-0.2, -0.15) is 0 Å². The number of aliphatic hydroxyl groups excluding tert-OH is 1. The smallest absolute Gasteiger partial charge is 0.167 e. The van der Waals surface area contributed by atoms with Crippen molar-refractivity contribution in [2.75, 3.05) is 6.61 Å². The summed E-state index contributed by atoms with van der Waals surface area (Å²) in [5.41, 5.74) is 2.45. The normalized spacial score (nSPS) is 24.6. The molecule has 2 aromatic carbocycles. The fourth-order valence-electron chi connectivity index (χ4n) is 3.95. The molecule has 1 N–H and O–H groups in total. The van der Waals surface area contributed by atoms with Crippen LogP contribution in [0.15, 0.2) is 48.6 Å². The fourth-order valence-corrected chi connectivity index (χ4v) is 3.95. The van der Waals surface area contributed by atoms with Crippen LogP contribution in [-0.2, 0) is 11.2 Å². The number of halogens is 2. The van der Waals surface area contributed by atoms with E-state index in [1.165, 1.54) is 5.56 Å². The first-order chi connectivity index (χ1) is 13.6. The standard InChI is InChI=1S/C24H26F2O2/c25-23-20(13-14-21(24(23)26)22-15-28-22)18-9-5-16(6-10-18)3-1-2-4-17-7-11-19(27)12-8-17/h2,4-6,9-10,13-14,17,19,22,27H,1,3,7-8,11-12,15H2. The number of hydrogen-bond acceptors (Lipinski definition) is 2. The van der Waals surface area contributed by atoms with Gasteiger partial charge < -0.3 is 9.84 Å². The molecule has 2 aromatic rings. The molecular formula is C24H26F2O2. The topological polar surface area (TPSA) is 32.8 Å². The van der Waals surface area contributed by atoms with Gasteiger partial charge in [0.05, 0.1) is 12.7 Å². The number of epoxide rings is 1. The summed E-state index contributed by atoms with van der Waals surface area (Å²) in [5.74, 6) is -1.02. The van der Waals surface area contributed by atoms with E-state index in [1.54, 1.807) is 12.1 Å². The summed E-state index contributed by atoms with van der Waals surface area (Å²) in [4.78, 5) is 0. The van der Waals surface area contributed by atoms with Crippen molar-refractivity contribution in [2.24, 2.45) is 5.92 Å². The maximum absolute atomic E-state index is 14.4. The summed E-state index contributed by atoms with van der Waals surface area (Å²) in [6, 6.07) is 10.9. The molecule has 1 unspecified atom stereocenters. The molecule has 0 amide bonds. The summed E-state index contributed by atoms with van der Waals surface area (Å²) in [6.07, 6.45) is 9.92. The molecule has 0 radical (unpaired) electrons.